The highest BCUT2D eigenvalue weighted by atomic mass is 16.3. The molecule has 106 valence electrons. The Balaban J connectivity index is 1.92. The van der Waals surface area contributed by atoms with Crippen molar-refractivity contribution in [3.63, 3.8) is 0 Å². The zero-order valence-electron chi connectivity index (χ0n) is 11.3. The molecule has 0 spiro atoms. The SMILES string of the molecule is CNC(=O)c1cc2cc(Nc3nccc(N)n3)ccc2o1. The highest BCUT2D eigenvalue weighted by molar-refractivity contribution is 5.96. The van der Waals surface area contributed by atoms with E-state index >= 15 is 0 Å². The van der Waals surface area contributed by atoms with Gasteiger partial charge in [0.25, 0.3) is 5.91 Å². The van der Waals surface area contributed by atoms with Crippen LogP contribution < -0.4 is 16.4 Å². The van der Waals surface area contributed by atoms with E-state index in [1.165, 1.54) is 0 Å². The maximum absolute atomic E-state index is 11.5. The van der Waals surface area contributed by atoms with E-state index in [4.69, 9.17) is 10.2 Å². The minimum absolute atomic E-state index is 0.264. The molecule has 0 bridgehead atoms. The Morgan fingerprint density at radius 3 is 2.90 bits per heavy atom. The minimum atomic E-state index is -0.264. The van der Waals surface area contributed by atoms with Crippen LogP contribution in [0, 0.1) is 0 Å². The van der Waals surface area contributed by atoms with Gasteiger partial charge in [-0.25, -0.2) is 4.98 Å². The molecule has 0 fully saturated rings. The van der Waals surface area contributed by atoms with Gasteiger partial charge < -0.3 is 20.8 Å². The average Bonchev–Trinajstić information content (AvgIpc) is 2.89. The zero-order chi connectivity index (χ0) is 14.8. The number of carbonyl (C=O) groups excluding carboxylic acids is 1. The Hall–Kier alpha value is -3.09. The van der Waals surface area contributed by atoms with Crippen LogP contribution in [0.5, 0.6) is 0 Å². The molecule has 0 atom stereocenters. The van der Waals surface area contributed by atoms with Crippen LogP contribution in [0.25, 0.3) is 11.0 Å². The van der Waals surface area contributed by atoms with Gasteiger partial charge >= 0.3 is 0 Å². The molecule has 1 amide bonds. The van der Waals surface area contributed by atoms with E-state index in [1.54, 1.807) is 31.4 Å². The molecule has 0 aliphatic heterocycles. The topological polar surface area (TPSA) is 106 Å². The fourth-order valence-electron chi connectivity index (χ4n) is 1.92. The third kappa shape index (κ3) is 2.62. The zero-order valence-corrected chi connectivity index (χ0v) is 11.3. The molecule has 3 rings (SSSR count). The summed E-state index contributed by atoms with van der Waals surface area (Å²) in [5.41, 5.74) is 7.01. The van der Waals surface area contributed by atoms with E-state index in [0.29, 0.717) is 17.3 Å². The third-order valence-corrected chi connectivity index (χ3v) is 2.90. The van der Waals surface area contributed by atoms with Crippen LogP contribution in [0.3, 0.4) is 0 Å². The van der Waals surface area contributed by atoms with Crippen molar-refractivity contribution in [2.75, 3.05) is 18.1 Å². The molecule has 0 radical (unpaired) electrons. The van der Waals surface area contributed by atoms with Crippen LogP contribution in [0.4, 0.5) is 17.5 Å². The molecule has 21 heavy (non-hydrogen) atoms. The maximum atomic E-state index is 11.5. The second-order valence-corrected chi connectivity index (χ2v) is 4.37. The van der Waals surface area contributed by atoms with Crippen molar-refractivity contribution in [1.82, 2.24) is 15.3 Å². The van der Waals surface area contributed by atoms with Crippen molar-refractivity contribution in [2.24, 2.45) is 0 Å². The Morgan fingerprint density at radius 1 is 1.29 bits per heavy atom. The number of nitrogens with two attached hydrogens (primary N) is 1. The Bertz CT molecular complexity index is 812. The van der Waals surface area contributed by atoms with Gasteiger partial charge in [-0.05, 0) is 30.3 Å². The van der Waals surface area contributed by atoms with Gasteiger partial charge in [-0.15, -0.1) is 0 Å². The molecule has 7 nitrogen and oxygen atoms in total. The molecule has 0 saturated heterocycles. The number of amides is 1. The molecular weight excluding hydrogens is 270 g/mol. The second kappa shape index (κ2) is 5.12. The van der Waals surface area contributed by atoms with Gasteiger partial charge in [0.15, 0.2) is 5.76 Å². The first kappa shape index (κ1) is 12.9. The fourth-order valence-corrected chi connectivity index (χ4v) is 1.92. The van der Waals surface area contributed by atoms with Crippen molar-refractivity contribution in [3.05, 3.63) is 42.3 Å². The number of nitrogen functional groups attached to an aromatic ring is 1. The molecule has 2 heterocycles. The highest BCUT2D eigenvalue weighted by Gasteiger charge is 2.11. The fraction of sp³-hybridized carbons (Fsp3) is 0.0714. The Kier molecular flexibility index (Phi) is 3.15. The molecule has 3 aromatic rings. The number of hydrogen-bond donors (Lipinski definition) is 3. The lowest BCUT2D eigenvalue weighted by atomic mass is 10.2. The molecule has 0 saturated carbocycles. The van der Waals surface area contributed by atoms with E-state index in [2.05, 4.69) is 20.6 Å². The number of nitrogens with one attached hydrogen (secondary N) is 2. The number of aromatic nitrogens is 2. The summed E-state index contributed by atoms with van der Waals surface area (Å²) < 4.78 is 5.45. The molecule has 2 aromatic heterocycles. The summed E-state index contributed by atoms with van der Waals surface area (Å²) in [5, 5.41) is 6.37. The lowest BCUT2D eigenvalue weighted by Gasteiger charge is -2.04. The monoisotopic (exact) mass is 283 g/mol. The van der Waals surface area contributed by atoms with Crippen LogP contribution >= 0.6 is 0 Å². The van der Waals surface area contributed by atoms with E-state index in [-0.39, 0.29) is 11.7 Å². The summed E-state index contributed by atoms with van der Waals surface area (Å²) in [6, 6.07) is 8.72. The quantitative estimate of drug-likeness (QED) is 0.678. The second-order valence-electron chi connectivity index (χ2n) is 4.37. The summed E-state index contributed by atoms with van der Waals surface area (Å²) in [7, 11) is 1.56. The molecular formula is C14H13N5O2. The van der Waals surface area contributed by atoms with Crippen molar-refractivity contribution in [2.45, 2.75) is 0 Å². The summed E-state index contributed by atoms with van der Waals surface area (Å²) in [6.07, 6.45) is 1.57. The Labute approximate surface area is 120 Å². The Morgan fingerprint density at radius 2 is 2.14 bits per heavy atom. The van der Waals surface area contributed by atoms with Crippen molar-refractivity contribution in [1.29, 1.82) is 0 Å². The standard InChI is InChI=1S/C14H13N5O2/c1-16-13(20)11-7-8-6-9(2-3-10(8)21-11)18-14-17-5-4-12(15)19-14/h2-7H,1H3,(H,16,20)(H3,15,17,18,19). The molecule has 1 aromatic carbocycles. The number of hydrogen-bond acceptors (Lipinski definition) is 6. The van der Waals surface area contributed by atoms with Gasteiger partial charge in [0, 0.05) is 24.3 Å². The van der Waals surface area contributed by atoms with Crippen molar-refractivity contribution >= 4 is 34.3 Å². The predicted molar refractivity (Wildman–Crippen MR) is 79.3 cm³/mol. The van der Waals surface area contributed by atoms with E-state index in [9.17, 15) is 4.79 Å². The van der Waals surface area contributed by atoms with Gasteiger partial charge in [0.05, 0.1) is 0 Å². The first-order valence-corrected chi connectivity index (χ1v) is 6.27. The number of anilines is 3. The van der Waals surface area contributed by atoms with Gasteiger partial charge in [0.2, 0.25) is 5.95 Å². The smallest absolute Gasteiger partial charge is 0.286 e. The summed E-state index contributed by atoms with van der Waals surface area (Å²) in [4.78, 5) is 19.7. The number of furan rings is 1. The predicted octanol–water partition coefficient (Wildman–Crippen LogP) is 1.91. The minimum Gasteiger partial charge on any atom is -0.451 e. The van der Waals surface area contributed by atoms with Crippen LogP contribution in [0.15, 0.2) is 40.9 Å². The largest absolute Gasteiger partial charge is 0.451 e. The number of carbonyl (C=O) groups is 1. The van der Waals surface area contributed by atoms with E-state index in [0.717, 1.165) is 11.1 Å². The first-order chi connectivity index (χ1) is 10.2. The van der Waals surface area contributed by atoms with Gasteiger partial charge in [-0.2, -0.15) is 4.98 Å². The van der Waals surface area contributed by atoms with Gasteiger partial charge in [-0.3, -0.25) is 4.79 Å². The van der Waals surface area contributed by atoms with Crippen molar-refractivity contribution in [3.8, 4) is 0 Å². The van der Waals surface area contributed by atoms with Crippen LogP contribution in [0.2, 0.25) is 0 Å². The molecule has 0 unspecified atom stereocenters. The summed E-state index contributed by atoms with van der Waals surface area (Å²) in [5.74, 6) is 0.799. The lowest BCUT2D eigenvalue weighted by Crippen LogP contribution is -2.16. The van der Waals surface area contributed by atoms with Crippen LogP contribution in [-0.4, -0.2) is 22.9 Å². The van der Waals surface area contributed by atoms with Crippen LogP contribution in [0.1, 0.15) is 10.6 Å². The number of nitrogens with zero attached hydrogens (tertiary/aromatic N) is 2. The molecule has 4 N–H and O–H groups in total. The average molecular weight is 283 g/mol. The molecule has 0 aliphatic carbocycles. The van der Waals surface area contributed by atoms with E-state index in [1.807, 2.05) is 12.1 Å². The number of rotatable bonds is 3. The van der Waals surface area contributed by atoms with Gasteiger partial charge in [0.1, 0.15) is 11.4 Å². The number of fused-ring (bicyclic) bond motifs is 1. The summed E-state index contributed by atoms with van der Waals surface area (Å²) >= 11 is 0. The lowest BCUT2D eigenvalue weighted by molar-refractivity contribution is 0.0938. The van der Waals surface area contributed by atoms with Crippen molar-refractivity contribution < 1.29 is 9.21 Å². The first-order valence-electron chi connectivity index (χ1n) is 6.27. The maximum Gasteiger partial charge on any atom is 0.286 e. The molecule has 7 heteroatoms. The highest BCUT2D eigenvalue weighted by Crippen LogP contribution is 2.24. The van der Waals surface area contributed by atoms with Gasteiger partial charge in [-0.1, -0.05) is 0 Å². The normalized spacial score (nSPS) is 10.5. The van der Waals surface area contributed by atoms with E-state index < -0.39 is 0 Å². The third-order valence-electron chi connectivity index (χ3n) is 2.90. The molecule has 0 aliphatic rings. The number of benzene rings is 1. The van der Waals surface area contributed by atoms with Crippen LogP contribution in [-0.2, 0) is 0 Å². The summed E-state index contributed by atoms with van der Waals surface area (Å²) in [6.45, 7) is 0.